The summed E-state index contributed by atoms with van der Waals surface area (Å²) in [6.07, 6.45) is 4.49. The molecule has 18 heavy (non-hydrogen) atoms. The molecule has 7 nitrogen and oxygen atoms in total. The van der Waals surface area contributed by atoms with Crippen LogP contribution in [0.2, 0.25) is 0 Å². The molecule has 1 aliphatic carbocycles. The van der Waals surface area contributed by atoms with Gasteiger partial charge in [0.25, 0.3) is 0 Å². The molecule has 1 heterocycles. The van der Waals surface area contributed by atoms with Crippen molar-refractivity contribution in [3.8, 4) is 0 Å². The van der Waals surface area contributed by atoms with Gasteiger partial charge in [0.05, 0.1) is 13.2 Å². The maximum absolute atomic E-state index is 5.58. The smallest absolute Gasteiger partial charge is 0.176 e. The number of rotatable bonds is 7. The predicted octanol–water partition coefficient (Wildman–Crippen LogP) is -0.210. The molecule has 3 N–H and O–H groups in total. The van der Waals surface area contributed by atoms with Crippen molar-refractivity contribution in [2.24, 2.45) is 18.8 Å². The molecule has 0 amide bonds. The van der Waals surface area contributed by atoms with Gasteiger partial charge in [-0.25, -0.2) is 0 Å². The Balaban J connectivity index is 1.73. The molecule has 1 aliphatic rings. The number of hydrogen-bond acceptors (Lipinski definition) is 6. The van der Waals surface area contributed by atoms with E-state index < -0.39 is 0 Å². The number of aromatic nitrogens is 4. The summed E-state index contributed by atoms with van der Waals surface area (Å²) in [5.41, 5.74) is 2.85. The highest BCUT2D eigenvalue weighted by atomic mass is 16.5. The molecule has 0 aliphatic heterocycles. The van der Waals surface area contributed by atoms with E-state index in [1.807, 2.05) is 6.92 Å². The normalized spacial score (nSPS) is 24.8. The van der Waals surface area contributed by atoms with Crippen molar-refractivity contribution in [2.45, 2.75) is 44.8 Å². The lowest BCUT2D eigenvalue weighted by Crippen LogP contribution is -2.42. The standard InChI is InChI=1S/C11H22N6O/c1-3-18-10-5-8(6-10)4-9(13-12)7-11-14-16-17(2)15-11/h8-10,13H,3-7,12H2,1-2H3. The summed E-state index contributed by atoms with van der Waals surface area (Å²) in [7, 11) is 1.76. The molecule has 7 heteroatoms. The van der Waals surface area contributed by atoms with Gasteiger partial charge in [-0.15, -0.1) is 10.2 Å². The molecule has 1 aromatic rings. The van der Waals surface area contributed by atoms with Crippen LogP contribution in [0.15, 0.2) is 0 Å². The van der Waals surface area contributed by atoms with Crippen LogP contribution in [0, 0.1) is 5.92 Å². The minimum Gasteiger partial charge on any atom is -0.378 e. The van der Waals surface area contributed by atoms with Crippen LogP contribution in [0.1, 0.15) is 32.0 Å². The van der Waals surface area contributed by atoms with Gasteiger partial charge in [0.15, 0.2) is 5.82 Å². The van der Waals surface area contributed by atoms with E-state index in [1.165, 1.54) is 4.80 Å². The maximum atomic E-state index is 5.58. The average Bonchev–Trinajstić information content (AvgIpc) is 2.70. The first-order valence-corrected chi connectivity index (χ1v) is 6.51. The van der Waals surface area contributed by atoms with Crippen molar-refractivity contribution in [2.75, 3.05) is 6.61 Å². The predicted molar refractivity (Wildman–Crippen MR) is 66.4 cm³/mol. The van der Waals surface area contributed by atoms with Crippen molar-refractivity contribution in [3.63, 3.8) is 0 Å². The second kappa shape index (κ2) is 6.21. The first kappa shape index (κ1) is 13.4. The summed E-state index contributed by atoms with van der Waals surface area (Å²) in [6, 6.07) is 0.210. The molecule has 0 spiro atoms. The Morgan fingerprint density at radius 1 is 1.56 bits per heavy atom. The Labute approximate surface area is 107 Å². The van der Waals surface area contributed by atoms with E-state index in [0.29, 0.717) is 12.0 Å². The molecule has 2 rings (SSSR count). The van der Waals surface area contributed by atoms with Gasteiger partial charge >= 0.3 is 0 Å². The molecular weight excluding hydrogens is 232 g/mol. The second-order valence-electron chi connectivity index (χ2n) is 4.91. The van der Waals surface area contributed by atoms with Gasteiger partial charge in [-0.2, -0.15) is 4.80 Å². The molecule has 0 radical (unpaired) electrons. The van der Waals surface area contributed by atoms with E-state index >= 15 is 0 Å². The van der Waals surface area contributed by atoms with Crippen LogP contribution in [-0.2, 0) is 18.2 Å². The molecule has 0 saturated heterocycles. The fourth-order valence-electron chi connectivity index (χ4n) is 2.48. The zero-order valence-electron chi connectivity index (χ0n) is 11.0. The fraction of sp³-hybridized carbons (Fsp3) is 0.909. The molecule has 0 bridgehead atoms. The van der Waals surface area contributed by atoms with Gasteiger partial charge in [-0.1, -0.05) is 0 Å². The van der Waals surface area contributed by atoms with Crippen LogP contribution in [0.3, 0.4) is 0 Å². The average molecular weight is 254 g/mol. The van der Waals surface area contributed by atoms with Gasteiger partial charge in [0, 0.05) is 19.1 Å². The van der Waals surface area contributed by atoms with Crippen LogP contribution >= 0.6 is 0 Å². The monoisotopic (exact) mass is 254 g/mol. The number of nitrogens with two attached hydrogens (primary N) is 1. The summed E-state index contributed by atoms with van der Waals surface area (Å²) in [5.74, 6) is 7.01. The first-order valence-electron chi connectivity index (χ1n) is 6.51. The lowest BCUT2D eigenvalue weighted by Gasteiger charge is -2.36. The molecule has 1 fully saturated rings. The van der Waals surface area contributed by atoms with Gasteiger partial charge in [0.2, 0.25) is 0 Å². The molecule has 1 atom stereocenters. The molecule has 1 aromatic heterocycles. The number of nitrogens with one attached hydrogen (secondary N) is 1. The quantitative estimate of drug-likeness (QED) is 0.517. The number of aryl methyl sites for hydroxylation is 1. The molecule has 0 aromatic carbocycles. The zero-order chi connectivity index (χ0) is 13.0. The Bertz CT molecular complexity index is 362. The topological polar surface area (TPSA) is 90.9 Å². The Hall–Kier alpha value is -1.05. The van der Waals surface area contributed by atoms with Crippen molar-refractivity contribution in [3.05, 3.63) is 5.82 Å². The lowest BCUT2D eigenvalue weighted by atomic mass is 9.78. The number of hydrogen-bond donors (Lipinski definition) is 2. The largest absolute Gasteiger partial charge is 0.378 e. The third-order valence-corrected chi connectivity index (χ3v) is 3.43. The highest BCUT2D eigenvalue weighted by molar-refractivity contribution is 4.89. The summed E-state index contributed by atoms with van der Waals surface area (Å²) in [4.78, 5) is 1.47. The van der Waals surface area contributed by atoms with Gasteiger partial charge in [0.1, 0.15) is 0 Å². The van der Waals surface area contributed by atoms with E-state index in [-0.39, 0.29) is 6.04 Å². The number of nitrogens with zero attached hydrogens (tertiary/aromatic N) is 4. The van der Waals surface area contributed by atoms with Crippen molar-refractivity contribution in [1.29, 1.82) is 0 Å². The second-order valence-corrected chi connectivity index (χ2v) is 4.91. The maximum Gasteiger partial charge on any atom is 0.176 e. The highest BCUT2D eigenvalue weighted by Crippen LogP contribution is 2.33. The Kier molecular flexibility index (Phi) is 4.62. The van der Waals surface area contributed by atoms with Crippen LogP contribution < -0.4 is 11.3 Å². The minimum atomic E-state index is 0.210. The summed E-state index contributed by atoms with van der Waals surface area (Å²) in [6.45, 7) is 2.84. The summed E-state index contributed by atoms with van der Waals surface area (Å²) in [5, 5.41) is 12.0. The van der Waals surface area contributed by atoms with Crippen LogP contribution in [0.4, 0.5) is 0 Å². The van der Waals surface area contributed by atoms with Gasteiger partial charge in [-0.3, -0.25) is 11.3 Å². The third kappa shape index (κ3) is 3.47. The molecular formula is C11H22N6O. The SMILES string of the molecule is CCOC1CC(CC(Cc2nnn(C)n2)NN)C1. The van der Waals surface area contributed by atoms with E-state index in [2.05, 4.69) is 20.8 Å². The summed E-state index contributed by atoms with van der Waals surface area (Å²) >= 11 is 0. The number of hydrazine groups is 1. The van der Waals surface area contributed by atoms with Gasteiger partial charge < -0.3 is 4.74 Å². The zero-order valence-corrected chi connectivity index (χ0v) is 11.0. The van der Waals surface area contributed by atoms with E-state index in [9.17, 15) is 0 Å². The van der Waals surface area contributed by atoms with Crippen molar-refractivity contribution >= 4 is 0 Å². The number of tetrazole rings is 1. The Morgan fingerprint density at radius 3 is 2.89 bits per heavy atom. The minimum absolute atomic E-state index is 0.210. The van der Waals surface area contributed by atoms with Crippen molar-refractivity contribution < 1.29 is 4.74 Å². The molecule has 102 valence electrons. The third-order valence-electron chi connectivity index (χ3n) is 3.43. The van der Waals surface area contributed by atoms with Gasteiger partial charge in [-0.05, 0) is 37.3 Å². The molecule has 1 unspecified atom stereocenters. The van der Waals surface area contributed by atoms with Crippen LogP contribution in [-0.4, -0.2) is 39.0 Å². The van der Waals surface area contributed by atoms with Crippen molar-refractivity contribution in [1.82, 2.24) is 25.6 Å². The van der Waals surface area contributed by atoms with Crippen LogP contribution in [0.25, 0.3) is 0 Å². The highest BCUT2D eigenvalue weighted by Gasteiger charge is 2.31. The molecule has 1 saturated carbocycles. The lowest BCUT2D eigenvalue weighted by molar-refractivity contribution is -0.0290. The first-order chi connectivity index (χ1) is 8.71. The van der Waals surface area contributed by atoms with Crippen LogP contribution in [0.5, 0.6) is 0 Å². The van der Waals surface area contributed by atoms with E-state index in [0.717, 1.165) is 38.1 Å². The van der Waals surface area contributed by atoms with E-state index in [1.54, 1.807) is 7.05 Å². The Morgan fingerprint density at radius 2 is 2.33 bits per heavy atom. The van der Waals surface area contributed by atoms with E-state index in [4.69, 9.17) is 10.6 Å². The number of ether oxygens (including phenoxy) is 1. The summed E-state index contributed by atoms with van der Waals surface area (Å²) < 4.78 is 5.56. The fourth-order valence-corrected chi connectivity index (χ4v) is 2.48.